The van der Waals surface area contributed by atoms with Crippen molar-refractivity contribution in [1.82, 2.24) is 14.8 Å². The highest BCUT2D eigenvalue weighted by Gasteiger charge is 2.26. The number of hydrogen-bond acceptors (Lipinski definition) is 5. The SMILES string of the molecule is COc1cccc(C(=O)N(C)[C@H]2CCCN(C(=O)Cc3csc(C)n3)CC2)c1. The molecule has 6 nitrogen and oxygen atoms in total. The highest BCUT2D eigenvalue weighted by molar-refractivity contribution is 7.09. The molecule has 0 radical (unpaired) electrons. The summed E-state index contributed by atoms with van der Waals surface area (Å²) in [6, 6.07) is 7.35. The monoisotopic (exact) mass is 401 g/mol. The van der Waals surface area contributed by atoms with Crippen LogP contribution in [0.3, 0.4) is 0 Å². The van der Waals surface area contributed by atoms with Crippen LogP contribution in [0.4, 0.5) is 0 Å². The molecule has 3 rings (SSSR count). The van der Waals surface area contributed by atoms with Gasteiger partial charge in [-0.25, -0.2) is 4.98 Å². The largest absolute Gasteiger partial charge is 0.497 e. The lowest BCUT2D eigenvalue weighted by atomic mass is 10.1. The van der Waals surface area contributed by atoms with E-state index in [1.807, 2.05) is 47.4 Å². The number of aromatic nitrogens is 1. The van der Waals surface area contributed by atoms with Crippen molar-refractivity contribution >= 4 is 23.2 Å². The van der Waals surface area contributed by atoms with Gasteiger partial charge in [-0.3, -0.25) is 9.59 Å². The second-order valence-electron chi connectivity index (χ2n) is 7.15. The van der Waals surface area contributed by atoms with Crippen LogP contribution in [0.15, 0.2) is 29.6 Å². The van der Waals surface area contributed by atoms with Crippen LogP contribution in [-0.4, -0.2) is 59.9 Å². The van der Waals surface area contributed by atoms with Crippen LogP contribution in [0.2, 0.25) is 0 Å². The standard InChI is InChI=1S/C21H27N3O3S/c1-15-22-17(14-28-15)13-20(25)24-10-5-7-18(9-11-24)23(2)21(26)16-6-4-8-19(12-16)27-3/h4,6,8,12,14,18H,5,7,9-11,13H2,1-3H3/t18-/m0/s1. The van der Waals surface area contributed by atoms with E-state index in [4.69, 9.17) is 4.74 Å². The van der Waals surface area contributed by atoms with Crippen molar-refractivity contribution in [2.75, 3.05) is 27.2 Å². The second kappa shape index (κ2) is 9.19. The molecule has 0 bridgehead atoms. The first-order chi connectivity index (χ1) is 13.5. The van der Waals surface area contributed by atoms with Gasteiger partial charge in [0.25, 0.3) is 5.91 Å². The number of thiazole rings is 1. The summed E-state index contributed by atoms with van der Waals surface area (Å²) in [6.07, 6.45) is 2.93. The summed E-state index contributed by atoms with van der Waals surface area (Å²) in [4.78, 5) is 33.6. The molecule has 1 atom stereocenters. The number of benzene rings is 1. The Kier molecular flexibility index (Phi) is 6.67. The molecule has 1 aliphatic heterocycles. The molecule has 150 valence electrons. The molecule has 0 spiro atoms. The van der Waals surface area contributed by atoms with Gasteiger partial charge in [0.05, 0.1) is 24.2 Å². The van der Waals surface area contributed by atoms with Gasteiger partial charge < -0.3 is 14.5 Å². The van der Waals surface area contributed by atoms with Crippen LogP contribution in [0.25, 0.3) is 0 Å². The van der Waals surface area contributed by atoms with Crippen molar-refractivity contribution in [3.05, 3.63) is 45.9 Å². The molecule has 2 aromatic rings. The number of carbonyl (C=O) groups is 2. The van der Waals surface area contributed by atoms with Crippen molar-refractivity contribution in [2.45, 2.75) is 38.6 Å². The lowest BCUT2D eigenvalue weighted by Crippen LogP contribution is -2.38. The predicted octanol–water partition coefficient (Wildman–Crippen LogP) is 3.16. The Morgan fingerprint density at radius 2 is 2.14 bits per heavy atom. The average molecular weight is 402 g/mol. The Bertz CT molecular complexity index is 836. The van der Waals surface area contributed by atoms with E-state index in [9.17, 15) is 9.59 Å². The lowest BCUT2D eigenvalue weighted by molar-refractivity contribution is -0.130. The van der Waals surface area contributed by atoms with Gasteiger partial charge in [0, 0.05) is 37.1 Å². The molecule has 28 heavy (non-hydrogen) atoms. The molecule has 2 amide bonds. The smallest absolute Gasteiger partial charge is 0.253 e. The molecule has 0 saturated carbocycles. The molecule has 0 N–H and O–H groups in total. The third-order valence-electron chi connectivity index (χ3n) is 5.23. The molecule has 1 aliphatic rings. The second-order valence-corrected chi connectivity index (χ2v) is 8.21. The van der Waals surface area contributed by atoms with Crippen LogP contribution >= 0.6 is 11.3 Å². The number of amides is 2. The zero-order valence-electron chi connectivity index (χ0n) is 16.7. The summed E-state index contributed by atoms with van der Waals surface area (Å²) in [5.74, 6) is 0.781. The lowest BCUT2D eigenvalue weighted by Gasteiger charge is -2.27. The summed E-state index contributed by atoms with van der Waals surface area (Å²) in [5.41, 5.74) is 1.47. The van der Waals surface area contributed by atoms with Gasteiger partial charge in [0.2, 0.25) is 5.91 Å². The van der Waals surface area contributed by atoms with Gasteiger partial charge in [-0.05, 0) is 44.4 Å². The minimum absolute atomic E-state index is 0.0124. The van der Waals surface area contributed by atoms with E-state index >= 15 is 0 Å². The average Bonchev–Trinajstić information content (AvgIpc) is 2.96. The number of carbonyl (C=O) groups excluding carboxylic acids is 2. The highest BCUT2D eigenvalue weighted by atomic mass is 32.1. The van der Waals surface area contributed by atoms with Gasteiger partial charge in [0.15, 0.2) is 0 Å². The van der Waals surface area contributed by atoms with E-state index in [1.165, 1.54) is 0 Å². The van der Waals surface area contributed by atoms with E-state index in [1.54, 1.807) is 24.5 Å². The number of methoxy groups -OCH3 is 1. The summed E-state index contributed by atoms with van der Waals surface area (Å²) < 4.78 is 5.22. The summed E-state index contributed by atoms with van der Waals surface area (Å²) in [6.45, 7) is 3.35. The minimum Gasteiger partial charge on any atom is -0.497 e. The van der Waals surface area contributed by atoms with Gasteiger partial charge >= 0.3 is 0 Å². The first-order valence-corrected chi connectivity index (χ1v) is 10.5. The highest BCUT2D eigenvalue weighted by Crippen LogP contribution is 2.21. The Morgan fingerprint density at radius 3 is 2.86 bits per heavy atom. The van der Waals surface area contributed by atoms with Crippen LogP contribution in [0.5, 0.6) is 5.75 Å². The first-order valence-electron chi connectivity index (χ1n) is 9.58. The predicted molar refractivity (Wildman–Crippen MR) is 110 cm³/mol. The molecule has 1 fully saturated rings. The van der Waals surface area contributed by atoms with Gasteiger partial charge in [-0.15, -0.1) is 11.3 Å². The van der Waals surface area contributed by atoms with Crippen molar-refractivity contribution in [2.24, 2.45) is 0 Å². The number of rotatable bonds is 5. The van der Waals surface area contributed by atoms with E-state index < -0.39 is 0 Å². The van der Waals surface area contributed by atoms with Gasteiger partial charge in [-0.1, -0.05) is 6.07 Å². The Labute approximate surface area is 170 Å². The van der Waals surface area contributed by atoms with E-state index in [-0.39, 0.29) is 17.9 Å². The molecule has 7 heteroatoms. The summed E-state index contributed by atoms with van der Waals surface area (Å²) in [7, 11) is 3.44. The van der Waals surface area contributed by atoms with Crippen molar-refractivity contribution in [1.29, 1.82) is 0 Å². The van der Waals surface area contributed by atoms with Gasteiger partial charge in [0.1, 0.15) is 5.75 Å². The maximum atomic E-state index is 12.9. The topological polar surface area (TPSA) is 62.7 Å². The van der Waals surface area contributed by atoms with Crippen LogP contribution in [0.1, 0.15) is 40.3 Å². The third kappa shape index (κ3) is 4.90. The minimum atomic E-state index is -0.0124. The molecule has 1 saturated heterocycles. The molecular formula is C21H27N3O3S. The fraction of sp³-hybridized carbons (Fsp3) is 0.476. The Morgan fingerprint density at radius 1 is 1.32 bits per heavy atom. The quantitative estimate of drug-likeness (QED) is 0.772. The molecule has 1 aromatic carbocycles. The number of nitrogens with zero attached hydrogens (tertiary/aromatic N) is 3. The number of aryl methyl sites for hydroxylation is 1. The Balaban J connectivity index is 1.59. The van der Waals surface area contributed by atoms with Gasteiger partial charge in [-0.2, -0.15) is 0 Å². The summed E-state index contributed by atoms with van der Waals surface area (Å²) >= 11 is 1.57. The maximum Gasteiger partial charge on any atom is 0.253 e. The number of likely N-dealkylation sites (tertiary alicyclic amines) is 1. The molecule has 1 aromatic heterocycles. The molecular weight excluding hydrogens is 374 g/mol. The van der Waals surface area contributed by atoms with Crippen molar-refractivity contribution < 1.29 is 14.3 Å². The van der Waals surface area contributed by atoms with E-state index in [2.05, 4.69) is 4.98 Å². The fourth-order valence-corrected chi connectivity index (χ4v) is 4.21. The zero-order valence-corrected chi connectivity index (χ0v) is 17.5. The molecule has 0 aliphatic carbocycles. The molecule has 0 unspecified atom stereocenters. The van der Waals surface area contributed by atoms with Crippen molar-refractivity contribution in [3.63, 3.8) is 0 Å². The number of hydrogen-bond donors (Lipinski definition) is 0. The van der Waals surface area contributed by atoms with Crippen molar-refractivity contribution in [3.8, 4) is 5.75 Å². The third-order valence-corrected chi connectivity index (χ3v) is 6.06. The first kappa shape index (κ1) is 20.3. The van der Waals surface area contributed by atoms with Crippen LogP contribution < -0.4 is 4.74 Å². The number of ether oxygens (including phenoxy) is 1. The molecule has 2 heterocycles. The van der Waals surface area contributed by atoms with E-state index in [0.717, 1.165) is 36.5 Å². The fourth-order valence-electron chi connectivity index (χ4n) is 3.60. The van der Waals surface area contributed by atoms with Crippen LogP contribution in [-0.2, 0) is 11.2 Å². The maximum absolute atomic E-state index is 12.9. The van der Waals surface area contributed by atoms with E-state index in [0.29, 0.717) is 24.3 Å². The Hall–Kier alpha value is -2.41. The summed E-state index contributed by atoms with van der Waals surface area (Å²) in [5, 5.41) is 2.94. The van der Waals surface area contributed by atoms with Crippen LogP contribution in [0, 0.1) is 6.92 Å². The zero-order chi connectivity index (χ0) is 20.1. The normalized spacial score (nSPS) is 17.1.